The van der Waals surface area contributed by atoms with Crippen molar-refractivity contribution in [3.63, 3.8) is 0 Å². The largest absolute Gasteiger partial charge is 0.376 e. The quantitative estimate of drug-likeness (QED) is 0.641. The Morgan fingerprint density at radius 1 is 1.16 bits per heavy atom. The summed E-state index contributed by atoms with van der Waals surface area (Å²) in [5, 5.41) is 7.77. The first-order valence-corrected chi connectivity index (χ1v) is 11.7. The van der Waals surface area contributed by atoms with Gasteiger partial charge < -0.3 is 20.3 Å². The van der Waals surface area contributed by atoms with E-state index in [1.54, 1.807) is 0 Å². The Hall–Kier alpha value is -2.71. The maximum Gasteiger partial charge on any atom is 0.179 e. The Bertz CT molecular complexity index is 1140. The fourth-order valence-electron chi connectivity index (χ4n) is 5.85. The van der Waals surface area contributed by atoms with Crippen molar-refractivity contribution in [2.75, 3.05) is 36.0 Å². The first-order chi connectivity index (χ1) is 15.6. The Morgan fingerprint density at radius 2 is 1.97 bits per heavy atom. The highest BCUT2D eigenvalue weighted by molar-refractivity contribution is 5.84. The van der Waals surface area contributed by atoms with Crippen LogP contribution in [0.2, 0.25) is 0 Å². The molecule has 0 aliphatic carbocycles. The van der Waals surface area contributed by atoms with E-state index in [-0.39, 0.29) is 23.6 Å². The predicted octanol–water partition coefficient (Wildman–Crippen LogP) is 2.81. The van der Waals surface area contributed by atoms with Crippen molar-refractivity contribution in [3.8, 4) is 0 Å². The van der Waals surface area contributed by atoms with Crippen LogP contribution in [0.1, 0.15) is 43.9 Å². The van der Waals surface area contributed by atoms with Crippen molar-refractivity contribution in [1.29, 1.82) is 0 Å². The molecule has 3 aliphatic heterocycles. The Morgan fingerprint density at radius 3 is 2.75 bits per heavy atom. The maximum atomic E-state index is 6.47. The van der Waals surface area contributed by atoms with Crippen LogP contribution in [-0.2, 0) is 11.2 Å². The van der Waals surface area contributed by atoms with Crippen molar-refractivity contribution in [2.24, 2.45) is 11.1 Å². The number of hydrogen-bond donors (Lipinski definition) is 2. The van der Waals surface area contributed by atoms with Crippen molar-refractivity contribution in [2.45, 2.75) is 51.3 Å². The summed E-state index contributed by atoms with van der Waals surface area (Å²) in [6, 6.07) is 9.05. The van der Waals surface area contributed by atoms with Crippen LogP contribution in [-0.4, -0.2) is 58.6 Å². The van der Waals surface area contributed by atoms with Crippen molar-refractivity contribution < 1.29 is 4.74 Å². The lowest BCUT2D eigenvalue weighted by Gasteiger charge is -2.41. The molecule has 0 bridgehead atoms. The van der Waals surface area contributed by atoms with Crippen LogP contribution in [0.3, 0.4) is 0 Å². The number of ether oxygens (including phenoxy) is 1. The molecule has 8 nitrogen and oxygen atoms in total. The summed E-state index contributed by atoms with van der Waals surface area (Å²) in [6.45, 7) is 7.87. The van der Waals surface area contributed by atoms with Gasteiger partial charge in [-0.1, -0.05) is 24.3 Å². The highest BCUT2D eigenvalue weighted by Gasteiger charge is 2.47. The van der Waals surface area contributed by atoms with E-state index < -0.39 is 0 Å². The second-order valence-electron chi connectivity index (χ2n) is 9.68. The second kappa shape index (κ2) is 7.42. The molecule has 3 atom stereocenters. The van der Waals surface area contributed by atoms with Gasteiger partial charge in [-0.3, -0.25) is 5.10 Å². The highest BCUT2D eigenvalue weighted by Crippen LogP contribution is 2.42. The zero-order valence-electron chi connectivity index (χ0n) is 18.8. The van der Waals surface area contributed by atoms with E-state index in [2.05, 4.69) is 58.1 Å². The Balaban J connectivity index is 1.23. The van der Waals surface area contributed by atoms with Gasteiger partial charge in [0, 0.05) is 31.1 Å². The lowest BCUT2D eigenvalue weighted by Crippen LogP contribution is -2.50. The van der Waals surface area contributed by atoms with Gasteiger partial charge in [-0.25, -0.2) is 9.97 Å². The first kappa shape index (κ1) is 19.9. The molecule has 168 valence electrons. The second-order valence-corrected chi connectivity index (χ2v) is 9.68. The average molecular weight is 434 g/mol. The SMILES string of the molecule is CC1c2ccccc2CCN1c1n[nH]c2nc(N3CCC4(CC3)CO[C@@H](C)[C@H]4N)cnc12. The molecule has 3 aliphatic rings. The molecule has 0 amide bonds. The third-order valence-corrected chi connectivity index (χ3v) is 8.04. The van der Waals surface area contributed by atoms with Crippen LogP contribution in [0.25, 0.3) is 11.2 Å². The number of rotatable bonds is 2. The minimum atomic E-state index is 0.106. The smallest absolute Gasteiger partial charge is 0.179 e. The van der Waals surface area contributed by atoms with E-state index in [9.17, 15) is 0 Å². The van der Waals surface area contributed by atoms with Gasteiger partial charge in [0.15, 0.2) is 17.0 Å². The number of nitrogens with zero attached hydrogens (tertiary/aromatic N) is 5. The minimum Gasteiger partial charge on any atom is -0.376 e. The molecule has 3 N–H and O–H groups in total. The Labute approximate surface area is 188 Å². The summed E-state index contributed by atoms with van der Waals surface area (Å²) in [5.41, 5.74) is 11.0. The number of nitrogens with one attached hydrogen (secondary N) is 1. The van der Waals surface area contributed by atoms with Gasteiger partial charge in [0.25, 0.3) is 0 Å². The van der Waals surface area contributed by atoms with Gasteiger partial charge in [0.2, 0.25) is 0 Å². The standard InChI is InChI=1S/C24H31N7O/c1-15-18-6-4-3-5-17(18)7-10-31(15)23-20-22(28-29-23)27-19(13-26-20)30-11-8-24(9-12-30)14-32-16(2)21(24)25/h3-6,13,15-16,21H,7-12,14,25H2,1-2H3,(H,27,28,29)/t15?,16-,21+/m0/s1. The van der Waals surface area contributed by atoms with Gasteiger partial charge >= 0.3 is 0 Å². The summed E-state index contributed by atoms with van der Waals surface area (Å²) >= 11 is 0. The van der Waals surface area contributed by atoms with E-state index in [1.807, 2.05) is 6.20 Å². The molecule has 1 spiro atoms. The molecule has 6 rings (SSSR count). The van der Waals surface area contributed by atoms with Crippen LogP contribution in [0.5, 0.6) is 0 Å². The zero-order valence-corrected chi connectivity index (χ0v) is 18.8. The molecule has 2 saturated heterocycles. The van der Waals surface area contributed by atoms with Crippen LogP contribution >= 0.6 is 0 Å². The monoisotopic (exact) mass is 433 g/mol. The summed E-state index contributed by atoms with van der Waals surface area (Å²) in [7, 11) is 0. The molecular weight excluding hydrogens is 402 g/mol. The van der Waals surface area contributed by atoms with Crippen molar-refractivity contribution >= 4 is 22.8 Å². The van der Waals surface area contributed by atoms with Crippen LogP contribution < -0.4 is 15.5 Å². The van der Waals surface area contributed by atoms with Crippen molar-refractivity contribution in [1.82, 2.24) is 20.2 Å². The number of fused-ring (bicyclic) bond motifs is 2. The molecule has 3 aromatic rings. The number of benzene rings is 1. The summed E-state index contributed by atoms with van der Waals surface area (Å²) in [4.78, 5) is 14.3. The lowest BCUT2D eigenvalue weighted by atomic mass is 9.73. The van der Waals surface area contributed by atoms with E-state index in [1.165, 1.54) is 11.1 Å². The number of anilines is 2. The molecule has 8 heteroatoms. The summed E-state index contributed by atoms with van der Waals surface area (Å²) in [5.74, 6) is 1.79. The van der Waals surface area contributed by atoms with Crippen LogP contribution in [0, 0.1) is 5.41 Å². The number of nitrogens with two attached hydrogens (primary N) is 1. The van der Waals surface area contributed by atoms with Gasteiger partial charge in [0.05, 0.1) is 24.9 Å². The predicted molar refractivity (Wildman–Crippen MR) is 125 cm³/mol. The van der Waals surface area contributed by atoms with E-state index in [0.29, 0.717) is 0 Å². The number of H-pyrrole nitrogens is 1. The number of aromatic amines is 1. The summed E-state index contributed by atoms with van der Waals surface area (Å²) in [6.07, 6.45) is 5.11. The normalized spacial score (nSPS) is 27.3. The molecule has 0 saturated carbocycles. The van der Waals surface area contributed by atoms with Crippen LogP contribution in [0.15, 0.2) is 30.5 Å². The van der Waals surface area contributed by atoms with Gasteiger partial charge in [-0.2, -0.15) is 5.10 Å². The van der Waals surface area contributed by atoms with Gasteiger partial charge in [0.1, 0.15) is 5.82 Å². The number of piperidine rings is 1. The zero-order chi connectivity index (χ0) is 21.9. The first-order valence-electron chi connectivity index (χ1n) is 11.7. The van der Waals surface area contributed by atoms with Crippen LogP contribution in [0.4, 0.5) is 11.6 Å². The fraction of sp³-hybridized carbons (Fsp3) is 0.542. The minimum absolute atomic E-state index is 0.106. The number of aromatic nitrogens is 4. The molecule has 1 unspecified atom stereocenters. The van der Waals surface area contributed by atoms with Gasteiger partial charge in [-0.05, 0) is 44.2 Å². The molecule has 5 heterocycles. The fourth-order valence-corrected chi connectivity index (χ4v) is 5.85. The molecule has 0 radical (unpaired) electrons. The van der Waals surface area contributed by atoms with E-state index >= 15 is 0 Å². The molecule has 32 heavy (non-hydrogen) atoms. The Kier molecular flexibility index (Phi) is 4.62. The average Bonchev–Trinajstić information content (AvgIpc) is 3.37. The van der Waals surface area contributed by atoms with Crippen molar-refractivity contribution in [3.05, 3.63) is 41.6 Å². The number of hydrogen-bond acceptors (Lipinski definition) is 7. The third-order valence-electron chi connectivity index (χ3n) is 8.04. The lowest BCUT2D eigenvalue weighted by molar-refractivity contribution is 0.0974. The highest BCUT2D eigenvalue weighted by atomic mass is 16.5. The summed E-state index contributed by atoms with van der Waals surface area (Å²) < 4.78 is 5.86. The molecule has 1 aromatic carbocycles. The van der Waals surface area contributed by atoms with Gasteiger partial charge in [-0.15, -0.1) is 0 Å². The maximum absolute atomic E-state index is 6.47. The molecule has 2 aromatic heterocycles. The third kappa shape index (κ3) is 3.00. The van der Waals surface area contributed by atoms with E-state index in [0.717, 1.165) is 68.3 Å². The molecular formula is C24H31N7O. The molecule has 2 fully saturated rings. The topological polar surface area (TPSA) is 96.2 Å². The van der Waals surface area contributed by atoms with E-state index in [4.69, 9.17) is 20.4 Å².